The number of benzene rings is 1. The Labute approximate surface area is 132 Å². The highest BCUT2D eigenvalue weighted by Crippen LogP contribution is 2.32. The van der Waals surface area contributed by atoms with E-state index in [1.54, 1.807) is 19.1 Å². The monoisotopic (exact) mass is 376 g/mol. The van der Waals surface area contributed by atoms with Gasteiger partial charge in [0.2, 0.25) is 10.0 Å². The average Bonchev–Trinajstić information content (AvgIpc) is 2.92. The first kappa shape index (κ1) is 16.3. The van der Waals surface area contributed by atoms with Crippen LogP contribution in [0.15, 0.2) is 27.6 Å². The normalized spacial score (nSPS) is 19.6. The Kier molecular flexibility index (Phi) is 4.90. The van der Waals surface area contributed by atoms with Crippen molar-refractivity contribution in [2.75, 3.05) is 18.9 Å². The first-order chi connectivity index (χ1) is 9.87. The van der Waals surface area contributed by atoms with Crippen LogP contribution in [0.4, 0.5) is 5.69 Å². The van der Waals surface area contributed by atoms with E-state index < -0.39 is 22.0 Å². The summed E-state index contributed by atoms with van der Waals surface area (Å²) >= 11 is 3.22. The van der Waals surface area contributed by atoms with Gasteiger partial charge in [-0.3, -0.25) is 4.79 Å². The van der Waals surface area contributed by atoms with Crippen molar-refractivity contribution >= 4 is 37.6 Å². The van der Waals surface area contributed by atoms with E-state index in [2.05, 4.69) is 15.9 Å². The van der Waals surface area contributed by atoms with Gasteiger partial charge in [-0.25, -0.2) is 8.42 Å². The molecule has 0 bridgehead atoms. The van der Waals surface area contributed by atoms with Gasteiger partial charge in [-0.15, -0.1) is 0 Å². The number of nitrogens with zero attached hydrogens (tertiary/aromatic N) is 1. The van der Waals surface area contributed by atoms with E-state index in [0.717, 1.165) is 0 Å². The minimum Gasteiger partial charge on any atom is -0.465 e. The number of nitrogens with two attached hydrogens (primary N) is 1. The Morgan fingerprint density at radius 1 is 1.52 bits per heavy atom. The number of anilines is 1. The van der Waals surface area contributed by atoms with Crippen molar-refractivity contribution < 1.29 is 17.9 Å². The van der Waals surface area contributed by atoms with Crippen molar-refractivity contribution in [3.8, 4) is 0 Å². The molecule has 1 aromatic rings. The lowest BCUT2D eigenvalue weighted by molar-refractivity contribution is -0.146. The lowest BCUT2D eigenvalue weighted by Gasteiger charge is -2.23. The van der Waals surface area contributed by atoms with Crippen LogP contribution in [0.25, 0.3) is 0 Å². The van der Waals surface area contributed by atoms with Crippen molar-refractivity contribution in [1.29, 1.82) is 0 Å². The predicted molar refractivity (Wildman–Crippen MR) is 82.1 cm³/mol. The zero-order valence-electron chi connectivity index (χ0n) is 11.6. The summed E-state index contributed by atoms with van der Waals surface area (Å²) in [7, 11) is -3.80. The van der Waals surface area contributed by atoms with E-state index in [-0.39, 0.29) is 11.5 Å². The highest BCUT2D eigenvalue weighted by atomic mass is 79.9. The molecule has 0 saturated carbocycles. The molecule has 1 aliphatic heterocycles. The molecule has 0 aromatic heterocycles. The highest BCUT2D eigenvalue weighted by Gasteiger charge is 2.41. The maximum Gasteiger partial charge on any atom is 0.324 e. The van der Waals surface area contributed by atoms with E-state index in [9.17, 15) is 13.2 Å². The third-order valence-electron chi connectivity index (χ3n) is 3.30. The molecule has 6 nitrogen and oxygen atoms in total. The standard InChI is InChI=1S/C13H17BrN2O4S/c1-2-20-13(17)11-4-3-7-16(11)21(18,19)12-8-9(15)5-6-10(12)14/h5-6,8,11H,2-4,7,15H2,1H3. The molecule has 116 valence electrons. The van der Waals surface area contributed by atoms with Gasteiger partial charge in [0.1, 0.15) is 6.04 Å². The van der Waals surface area contributed by atoms with Crippen LogP contribution in [0.2, 0.25) is 0 Å². The number of ether oxygens (including phenoxy) is 1. The van der Waals surface area contributed by atoms with Gasteiger partial charge < -0.3 is 10.5 Å². The Morgan fingerprint density at radius 2 is 2.24 bits per heavy atom. The summed E-state index contributed by atoms with van der Waals surface area (Å²) in [6.45, 7) is 2.22. The second kappa shape index (κ2) is 6.33. The predicted octanol–water partition coefficient (Wildman–Crippen LogP) is 1.75. The molecular weight excluding hydrogens is 360 g/mol. The molecule has 1 fully saturated rings. The van der Waals surface area contributed by atoms with Crippen LogP contribution < -0.4 is 5.73 Å². The number of halogens is 1. The smallest absolute Gasteiger partial charge is 0.324 e. The zero-order chi connectivity index (χ0) is 15.6. The number of sulfonamides is 1. The fraction of sp³-hybridized carbons (Fsp3) is 0.462. The van der Waals surface area contributed by atoms with Gasteiger partial charge in [-0.1, -0.05) is 0 Å². The summed E-state index contributed by atoms with van der Waals surface area (Å²) in [5.41, 5.74) is 6.02. The summed E-state index contributed by atoms with van der Waals surface area (Å²) in [6, 6.07) is 3.82. The highest BCUT2D eigenvalue weighted by molar-refractivity contribution is 9.10. The summed E-state index contributed by atoms with van der Waals surface area (Å²) in [5, 5.41) is 0. The molecule has 1 atom stereocenters. The van der Waals surface area contributed by atoms with Crippen LogP contribution in [-0.2, 0) is 19.6 Å². The van der Waals surface area contributed by atoms with Crippen LogP contribution in [0.1, 0.15) is 19.8 Å². The van der Waals surface area contributed by atoms with Crippen LogP contribution in [0, 0.1) is 0 Å². The van der Waals surface area contributed by atoms with Crippen molar-refractivity contribution in [2.45, 2.75) is 30.7 Å². The quantitative estimate of drug-likeness (QED) is 0.638. The van der Waals surface area contributed by atoms with Crippen LogP contribution in [0.5, 0.6) is 0 Å². The number of esters is 1. The number of nitrogen functional groups attached to an aromatic ring is 1. The van der Waals surface area contributed by atoms with Gasteiger partial charge in [-0.05, 0) is 53.9 Å². The molecule has 0 radical (unpaired) electrons. The topological polar surface area (TPSA) is 89.7 Å². The van der Waals surface area contributed by atoms with Crippen LogP contribution in [-0.4, -0.2) is 37.9 Å². The lowest BCUT2D eigenvalue weighted by Crippen LogP contribution is -2.41. The summed E-state index contributed by atoms with van der Waals surface area (Å²) in [6.07, 6.45) is 1.10. The van der Waals surface area contributed by atoms with Crippen LogP contribution >= 0.6 is 15.9 Å². The fourth-order valence-electron chi connectivity index (χ4n) is 2.35. The molecule has 2 N–H and O–H groups in total. The van der Waals surface area contributed by atoms with Crippen molar-refractivity contribution in [3.05, 3.63) is 22.7 Å². The molecule has 0 spiro atoms. The molecule has 2 rings (SSSR count). The maximum atomic E-state index is 12.8. The third kappa shape index (κ3) is 3.22. The number of hydrogen-bond donors (Lipinski definition) is 1. The number of rotatable bonds is 4. The Balaban J connectivity index is 2.38. The molecule has 0 amide bonds. The number of carbonyl (C=O) groups excluding carboxylic acids is 1. The molecule has 1 aliphatic rings. The molecule has 1 unspecified atom stereocenters. The van der Waals surface area contributed by atoms with E-state index in [1.807, 2.05) is 0 Å². The Bertz CT molecular complexity index is 648. The minimum absolute atomic E-state index is 0.0682. The summed E-state index contributed by atoms with van der Waals surface area (Å²) in [5.74, 6) is -0.501. The van der Waals surface area contributed by atoms with Gasteiger partial charge in [0.05, 0.1) is 11.5 Å². The molecule has 8 heteroatoms. The van der Waals surface area contributed by atoms with Gasteiger partial charge in [0.15, 0.2) is 0 Å². The second-order valence-corrected chi connectivity index (χ2v) is 7.43. The second-order valence-electron chi connectivity index (χ2n) is 4.72. The summed E-state index contributed by atoms with van der Waals surface area (Å²) < 4.78 is 32.1. The van der Waals surface area contributed by atoms with Gasteiger partial charge in [0.25, 0.3) is 0 Å². The zero-order valence-corrected chi connectivity index (χ0v) is 14.0. The Hall–Kier alpha value is -1.12. The summed E-state index contributed by atoms with van der Waals surface area (Å²) in [4.78, 5) is 12.0. The first-order valence-corrected chi connectivity index (χ1v) is 8.84. The van der Waals surface area contributed by atoms with Crippen molar-refractivity contribution in [1.82, 2.24) is 4.31 Å². The fourth-order valence-corrected chi connectivity index (χ4v) is 4.95. The Morgan fingerprint density at radius 3 is 2.90 bits per heavy atom. The number of hydrogen-bond acceptors (Lipinski definition) is 5. The maximum absolute atomic E-state index is 12.8. The van der Waals surface area contributed by atoms with Gasteiger partial charge in [-0.2, -0.15) is 4.31 Å². The van der Waals surface area contributed by atoms with E-state index in [0.29, 0.717) is 29.5 Å². The molecule has 0 aliphatic carbocycles. The average molecular weight is 377 g/mol. The van der Waals surface area contributed by atoms with E-state index >= 15 is 0 Å². The minimum atomic E-state index is -3.80. The van der Waals surface area contributed by atoms with Crippen molar-refractivity contribution in [3.63, 3.8) is 0 Å². The number of carbonyl (C=O) groups is 1. The molecule has 1 heterocycles. The van der Waals surface area contributed by atoms with Gasteiger partial charge in [0, 0.05) is 16.7 Å². The largest absolute Gasteiger partial charge is 0.465 e. The first-order valence-electron chi connectivity index (χ1n) is 6.61. The van der Waals surface area contributed by atoms with E-state index in [1.165, 1.54) is 10.4 Å². The van der Waals surface area contributed by atoms with Gasteiger partial charge >= 0.3 is 5.97 Å². The lowest BCUT2D eigenvalue weighted by atomic mass is 10.2. The molecule has 1 aromatic carbocycles. The van der Waals surface area contributed by atoms with E-state index in [4.69, 9.17) is 10.5 Å². The van der Waals surface area contributed by atoms with Crippen LogP contribution in [0.3, 0.4) is 0 Å². The molecular formula is C13H17BrN2O4S. The SMILES string of the molecule is CCOC(=O)C1CCCN1S(=O)(=O)c1cc(N)ccc1Br. The molecule has 1 saturated heterocycles. The van der Waals surface area contributed by atoms with Crippen molar-refractivity contribution in [2.24, 2.45) is 0 Å². The molecule has 21 heavy (non-hydrogen) atoms. The third-order valence-corrected chi connectivity index (χ3v) is 6.21.